The lowest BCUT2D eigenvalue weighted by Gasteiger charge is -2.36. The van der Waals surface area contributed by atoms with E-state index in [0.717, 1.165) is 23.5 Å². The Labute approximate surface area is 140 Å². The highest BCUT2D eigenvalue weighted by molar-refractivity contribution is 7.99. The molecule has 1 saturated carbocycles. The molecule has 23 heavy (non-hydrogen) atoms. The summed E-state index contributed by atoms with van der Waals surface area (Å²) < 4.78 is 1.91. The predicted octanol–water partition coefficient (Wildman–Crippen LogP) is 3.48. The molecule has 1 aliphatic carbocycles. The van der Waals surface area contributed by atoms with E-state index in [1.807, 2.05) is 28.8 Å². The maximum atomic E-state index is 13.1. The Morgan fingerprint density at radius 1 is 1.30 bits per heavy atom. The Kier molecular flexibility index (Phi) is 5.07. The van der Waals surface area contributed by atoms with Crippen molar-refractivity contribution in [3.8, 4) is 0 Å². The van der Waals surface area contributed by atoms with Gasteiger partial charge in [0.25, 0.3) is 5.56 Å². The number of aliphatic hydroxyl groups excluding tert-OH is 1. The number of fused-ring (bicyclic) bond motifs is 1. The van der Waals surface area contributed by atoms with E-state index < -0.39 is 0 Å². The van der Waals surface area contributed by atoms with Crippen molar-refractivity contribution in [1.82, 2.24) is 9.55 Å². The molecule has 1 N–H and O–H groups in total. The van der Waals surface area contributed by atoms with Crippen LogP contribution in [0.25, 0.3) is 10.9 Å². The first-order valence-electron chi connectivity index (χ1n) is 8.38. The van der Waals surface area contributed by atoms with Gasteiger partial charge in [0.05, 0.1) is 17.5 Å². The Morgan fingerprint density at radius 2 is 2.09 bits per heavy atom. The van der Waals surface area contributed by atoms with Crippen molar-refractivity contribution in [2.75, 3.05) is 12.4 Å². The molecule has 3 atom stereocenters. The molecule has 1 aromatic carbocycles. The Hall–Kier alpha value is -1.33. The van der Waals surface area contributed by atoms with Crippen LogP contribution in [0.4, 0.5) is 0 Å². The van der Waals surface area contributed by atoms with E-state index >= 15 is 0 Å². The van der Waals surface area contributed by atoms with E-state index in [-0.39, 0.29) is 18.2 Å². The van der Waals surface area contributed by atoms with Crippen LogP contribution >= 0.6 is 11.8 Å². The molecule has 1 heterocycles. The molecule has 0 aliphatic heterocycles. The second kappa shape index (κ2) is 7.05. The van der Waals surface area contributed by atoms with Crippen molar-refractivity contribution in [2.24, 2.45) is 11.8 Å². The molecule has 124 valence electrons. The molecule has 5 heteroatoms. The molecule has 1 fully saturated rings. The van der Waals surface area contributed by atoms with Crippen LogP contribution in [-0.2, 0) is 0 Å². The number of benzene rings is 1. The van der Waals surface area contributed by atoms with Gasteiger partial charge < -0.3 is 5.11 Å². The van der Waals surface area contributed by atoms with Gasteiger partial charge >= 0.3 is 0 Å². The zero-order chi connectivity index (χ0) is 16.4. The van der Waals surface area contributed by atoms with Crippen molar-refractivity contribution in [3.63, 3.8) is 0 Å². The highest BCUT2D eigenvalue weighted by Crippen LogP contribution is 2.38. The summed E-state index contributed by atoms with van der Waals surface area (Å²) in [5.74, 6) is 1.63. The number of nitrogens with zero attached hydrogens (tertiary/aromatic N) is 2. The smallest absolute Gasteiger partial charge is 0.262 e. The molecule has 1 aliphatic rings. The molecule has 0 bridgehead atoms. The van der Waals surface area contributed by atoms with Gasteiger partial charge in [-0.3, -0.25) is 9.36 Å². The average Bonchev–Trinajstić information content (AvgIpc) is 2.56. The summed E-state index contributed by atoms with van der Waals surface area (Å²) in [5.41, 5.74) is 0.799. The molecular formula is C18H24N2O2S. The van der Waals surface area contributed by atoms with Gasteiger partial charge in [0.1, 0.15) is 0 Å². The van der Waals surface area contributed by atoms with E-state index in [1.54, 1.807) is 0 Å². The minimum absolute atomic E-state index is 0.0574. The van der Waals surface area contributed by atoms with Gasteiger partial charge in [-0.25, -0.2) is 4.98 Å². The van der Waals surface area contributed by atoms with E-state index in [1.165, 1.54) is 18.2 Å². The lowest BCUT2D eigenvalue weighted by atomic mass is 9.78. The normalized spacial score (nSPS) is 24.9. The second-order valence-electron chi connectivity index (χ2n) is 6.49. The molecule has 3 rings (SSSR count). The summed E-state index contributed by atoms with van der Waals surface area (Å²) in [6.07, 6.45) is 3.41. The first kappa shape index (κ1) is 16.5. The quantitative estimate of drug-likeness (QED) is 0.688. The zero-order valence-electron chi connectivity index (χ0n) is 13.7. The Balaban J connectivity index is 2.16. The summed E-state index contributed by atoms with van der Waals surface area (Å²) in [7, 11) is 0. The number of aromatic nitrogens is 2. The summed E-state index contributed by atoms with van der Waals surface area (Å²) >= 11 is 1.47. The topological polar surface area (TPSA) is 55.1 Å². The second-order valence-corrected chi connectivity index (χ2v) is 7.56. The van der Waals surface area contributed by atoms with Crippen LogP contribution in [0.3, 0.4) is 0 Å². The molecule has 0 saturated heterocycles. The van der Waals surface area contributed by atoms with Gasteiger partial charge in [0.15, 0.2) is 5.16 Å². The molecule has 0 radical (unpaired) electrons. The highest BCUT2D eigenvalue weighted by atomic mass is 32.2. The molecule has 0 amide bonds. The first-order chi connectivity index (χ1) is 11.1. The van der Waals surface area contributed by atoms with Gasteiger partial charge in [-0.05, 0) is 30.4 Å². The lowest BCUT2D eigenvalue weighted by molar-refractivity contribution is 0.173. The van der Waals surface area contributed by atoms with Crippen molar-refractivity contribution >= 4 is 22.7 Å². The standard InChI is InChI=1S/C18H24N2O2S/c1-12-6-5-9-16(13(12)2)20-17(22)14-7-3-4-8-15(14)19-18(20)23-11-10-21/h3-4,7-8,12-13,16,21H,5-6,9-11H2,1-2H3/t12-,13-,16+/m1/s1. The van der Waals surface area contributed by atoms with E-state index in [0.29, 0.717) is 23.0 Å². The van der Waals surface area contributed by atoms with Gasteiger partial charge in [-0.1, -0.05) is 50.6 Å². The number of para-hydroxylation sites is 1. The molecular weight excluding hydrogens is 308 g/mol. The highest BCUT2D eigenvalue weighted by Gasteiger charge is 2.31. The molecule has 4 nitrogen and oxygen atoms in total. The van der Waals surface area contributed by atoms with Crippen LogP contribution in [0, 0.1) is 11.8 Å². The summed E-state index contributed by atoms with van der Waals surface area (Å²) in [5, 5.41) is 10.6. The summed E-state index contributed by atoms with van der Waals surface area (Å²) in [4.78, 5) is 17.8. The molecule has 0 unspecified atom stereocenters. The van der Waals surface area contributed by atoms with Crippen LogP contribution in [0.1, 0.15) is 39.2 Å². The fourth-order valence-electron chi connectivity index (χ4n) is 3.57. The van der Waals surface area contributed by atoms with Crippen molar-refractivity contribution in [3.05, 3.63) is 34.6 Å². The SMILES string of the molecule is C[C@@H]1[C@H](C)CCC[C@@H]1n1c(SCCO)nc2ccccc2c1=O. The fraction of sp³-hybridized carbons (Fsp3) is 0.556. The number of aliphatic hydroxyl groups is 1. The van der Waals surface area contributed by atoms with Crippen LogP contribution in [0.2, 0.25) is 0 Å². The van der Waals surface area contributed by atoms with Gasteiger partial charge in [0.2, 0.25) is 0 Å². The van der Waals surface area contributed by atoms with Crippen LogP contribution in [-0.4, -0.2) is 27.0 Å². The Morgan fingerprint density at radius 3 is 2.87 bits per heavy atom. The largest absolute Gasteiger partial charge is 0.396 e. The molecule has 1 aromatic heterocycles. The average molecular weight is 332 g/mol. The first-order valence-corrected chi connectivity index (χ1v) is 9.37. The van der Waals surface area contributed by atoms with Crippen LogP contribution < -0.4 is 5.56 Å². The number of hydrogen-bond donors (Lipinski definition) is 1. The third-order valence-electron chi connectivity index (χ3n) is 5.09. The molecule has 0 spiro atoms. The maximum Gasteiger partial charge on any atom is 0.262 e. The Bertz CT molecular complexity index is 743. The fourth-order valence-corrected chi connectivity index (χ4v) is 4.37. The maximum absolute atomic E-state index is 13.1. The molecule has 2 aromatic rings. The predicted molar refractivity (Wildman–Crippen MR) is 95.0 cm³/mol. The van der Waals surface area contributed by atoms with Crippen molar-refractivity contribution in [1.29, 1.82) is 0 Å². The number of hydrogen-bond acceptors (Lipinski definition) is 4. The summed E-state index contributed by atoms with van der Waals surface area (Å²) in [6.45, 7) is 4.61. The van der Waals surface area contributed by atoms with E-state index in [9.17, 15) is 4.79 Å². The van der Waals surface area contributed by atoms with Gasteiger partial charge in [0, 0.05) is 11.8 Å². The van der Waals surface area contributed by atoms with E-state index in [4.69, 9.17) is 10.1 Å². The lowest BCUT2D eigenvalue weighted by Crippen LogP contribution is -2.35. The van der Waals surface area contributed by atoms with Gasteiger partial charge in [-0.2, -0.15) is 0 Å². The summed E-state index contributed by atoms with van der Waals surface area (Å²) in [6, 6.07) is 7.74. The van der Waals surface area contributed by atoms with Crippen LogP contribution in [0.5, 0.6) is 0 Å². The minimum Gasteiger partial charge on any atom is -0.396 e. The zero-order valence-corrected chi connectivity index (χ0v) is 14.6. The van der Waals surface area contributed by atoms with E-state index in [2.05, 4.69) is 13.8 Å². The van der Waals surface area contributed by atoms with Crippen molar-refractivity contribution in [2.45, 2.75) is 44.3 Å². The minimum atomic E-state index is 0.0574. The third-order valence-corrected chi connectivity index (χ3v) is 6.03. The third kappa shape index (κ3) is 3.17. The number of thioether (sulfide) groups is 1. The van der Waals surface area contributed by atoms with Crippen molar-refractivity contribution < 1.29 is 5.11 Å². The van der Waals surface area contributed by atoms with Crippen LogP contribution in [0.15, 0.2) is 34.2 Å². The van der Waals surface area contributed by atoms with Gasteiger partial charge in [-0.15, -0.1) is 0 Å². The number of rotatable bonds is 4. The monoisotopic (exact) mass is 332 g/mol.